The molecule has 8 nitrogen and oxygen atoms in total. The van der Waals surface area contributed by atoms with Gasteiger partial charge in [0, 0.05) is 24.8 Å². The van der Waals surface area contributed by atoms with Crippen LogP contribution in [-0.4, -0.2) is 40.8 Å². The summed E-state index contributed by atoms with van der Waals surface area (Å²) >= 11 is 0. The first-order valence-corrected chi connectivity index (χ1v) is 11.3. The van der Waals surface area contributed by atoms with E-state index in [1.165, 1.54) is 11.1 Å². The second-order valence-corrected chi connectivity index (χ2v) is 8.98. The van der Waals surface area contributed by atoms with Gasteiger partial charge in [-0.3, -0.25) is 4.79 Å². The summed E-state index contributed by atoms with van der Waals surface area (Å²) in [6.45, 7) is 0.908. The van der Waals surface area contributed by atoms with Crippen molar-refractivity contribution < 1.29 is 13.2 Å². The van der Waals surface area contributed by atoms with Crippen molar-refractivity contribution >= 4 is 15.7 Å². The fraction of sp³-hybridized carbons (Fsp3) is 0.300. The molecule has 0 aliphatic rings. The Kier molecular flexibility index (Phi) is 6.71. The van der Waals surface area contributed by atoms with Gasteiger partial charge < -0.3 is 5.32 Å². The van der Waals surface area contributed by atoms with Gasteiger partial charge in [-0.15, -0.1) is 10.2 Å². The number of tetrazole rings is 1. The molecule has 29 heavy (non-hydrogen) atoms. The number of carbonyl (C=O) groups is 1. The Balaban J connectivity index is 1.40. The molecule has 0 atom stereocenters. The molecule has 152 valence electrons. The van der Waals surface area contributed by atoms with Gasteiger partial charge in [0.05, 0.1) is 12.3 Å². The molecule has 0 unspecified atom stereocenters. The largest absolute Gasteiger partial charge is 0.352 e. The first-order valence-electron chi connectivity index (χ1n) is 9.24. The van der Waals surface area contributed by atoms with E-state index >= 15 is 0 Å². The van der Waals surface area contributed by atoms with E-state index in [1.807, 2.05) is 42.5 Å². The summed E-state index contributed by atoms with van der Waals surface area (Å²) in [4.78, 5) is 13.5. The summed E-state index contributed by atoms with van der Waals surface area (Å²) in [5, 5.41) is 15.2. The van der Waals surface area contributed by atoms with E-state index < -0.39 is 9.84 Å². The SMILES string of the molecule is CS(=O)(=O)Cc1ccc(CNC(=O)CCCn2nnc(-c3ccccc3)n2)cc1. The van der Waals surface area contributed by atoms with Crippen LogP contribution in [-0.2, 0) is 33.5 Å². The maximum atomic E-state index is 12.0. The Morgan fingerprint density at radius 1 is 1.03 bits per heavy atom. The molecule has 2 aromatic carbocycles. The van der Waals surface area contributed by atoms with Crippen LogP contribution in [0.15, 0.2) is 54.6 Å². The summed E-state index contributed by atoms with van der Waals surface area (Å²) in [5.74, 6) is 0.519. The first kappa shape index (κ1) is 20.7. The highest BCUT2D eigenvalue weighted by molar-refractivity contribution is 7.89. The standard InChI is InChI=1S/C20H23N5O3S/c1-29(27,28)15-17-11-9-16(10-12-17)14-21-19(26)8-5-13-25-23-20(22-24-25)18-6-3-2-4-7-18/h2-4,6-7,9-12H,5,8,13-15H2,1H3,(H,21,26). The number of hydrogen-bond donors (Lipinski definition) is 1. The molecular weight excluding hydrogens is 390 g/mol. The van der Waals surface area contributed by atoms with Crippen LogP contribution in [0.3, 0.4) is 0 Å². The van der Waals surface area contributed by atoms with Crippen molar-refractivity contribution in [3.63, 3.8) is 0 Å². The number of sulfone groups is 1. The van der Waals surface area contributed by atoms with Gasteiger partial charge in [0.1, 0.15) is 0 Å². The number of nitrogens with one attached hydrogen (secondary N) is 1. The Labute approximate surface area is 169 Å². The highest BCUT2D eigenvalue weighted by Gasteiger charge is 2.07. The molecule has 1 aromatic heterocycles. The highest BCUT2D eigenvalue weighted by atomic mass is 32.2. The molecule has 0 fully saturated rings. The molecule has 0 saturated carbocycles. The molecule has 3 rings (SSSR count). The zero-order chi connectivity index (χ0) is 20.7. The fourth-order valence-electron chi connectivity index (χ4n) is 2.77. The van der Waals surface area contributed by atoms with E-state index in [9.17, 15) is 13.2 Å². The van der Waals surface area contributed by atoms with Crippen LogP contribution >= 0.6 is 0 Å². The van der Waals surface area contributed by atoms with Crippen molar-refractivity contribution in [2.24, 2.45) is 0 Å². The zero-order valence-electron chi connectivity index (χ0n) is 16.2. The fourth-order valence-corrected chi connectivity index (χ4v) is 3.56. The van der Waals surface area contributed by atoms with Crippen LogP contribution in [0.5, 0.6) is 0 Å². The van der Waals surface area contributed by atoms with Gasteiger partial charge in [0.25, 0.3) is 0 Å². The molecule has 0 radical (unpaired) electrons. The van der Waals surface area contributed by atoms with Crippen LogP contribution in [0.2, 0.25) is 0 Å². The van der Waals surface area contributed by atoms with E-state index in [-0.39, 0.29) is 11.7 Å². The lowest BCUT2D eigenvalue weighted by atomic mass is 10.1. The molecule has 0 bridgehead atoms. The quantitative estimate of drug-likeness (QED) is 0.575. The smallest absolute Gasteiger partial charge is 0.220 e. The van der Waals surface area contributed by atoms with Gasteiger partial charge >= 0.3 is 0 Å². The second-order valence-electron chi connectivity index (χ2n) is 6.84. The predicted octanol–water partition coefficient (Wildman–Crippen LogP) is 1.98. The van der Waals surface area contributed by atoms with E-state index in [1.54, 1.807) is 12.1 Å². The van der Waals surface area contributed by atoms with Crippen molar-refractivity contribution in [3.8, 4) is 11.4 Å². The third-order valence-corrected chi connectivity index (χ3v) is 5.05. The monoisotopic (exact) mass is 413 g/mol. The van der Waals surface area contributed by atoms with E-state index in [4.69, 9.17) is 0 Å². The Morgan fingerprint density at radius 2 is 1.72 bits per heavy atom. The van der Waals surface area contributed by atoms with Crippen LogP contribution in [0.1, 0.15) is 24.0 Å². The molecule has 1 N–H and O–H groups in total. The molecular formula is C20H23N5O3S. The van der Waals surface area contributed by atoms with E-state index in [0.717, 1.165) is 16.7 Å². The van der Waals surface area contributed by atoms with Crippen LogP contribution < -0.4 is 5.32 Å². The summed E-state index contributed by atoms with van der Waals surface area (Å²) < 4.78 is 22.6. The third kappa shape index (κ3) is 6.79. The minimum atomic E-state index is -3.05. The Hall–Kier alpha value is -3.07. The lowest BCUT2D eigenvalue weighted by molar-refractivity contribution is -0.121. The Morgan fingerprint density at radius 3 is 2.41 bits per heavy atom. The van der Waals surface area contributed by atoms with Crippen molar-refractivity contribution in [2.75, 3.05) is 6.26 Å². The number of rotatable bonds is 9. The number of nitrogens with zero attached hydrogens (tertiary/aromatic N) is 4. The maximum absolute atomic E-state index is 12.0. The molecule has 0 saturated heterocycles. The molecule has 0 spiro atoms. The number of aryl methyl sites for hydroxylation is 1. The second kappa shape index (κ2) is 9.42. The number of aromatic nitrogens is 4. The number of amides is 1. The van der Waals surface area contributed by atoms with Gasteiger partial charge in [-0.2, -0.15) is 4.80 Å². The topological polar surface area (TPSA) is 107 Å². The molecule has 0 aliphatic carbocycles. The first-order chi connectivity index (χ1) is 13.9. The van der Waals surface area contributed by atoms with Crippen LogP contribution in [0, 0.1) is 0 Å². The van der Waals surface area contributed by atoms with E-state index in [0.29, 0.717) is 31.8 Å². The van der Waals surface area contributed by atoms with Crippen molar-refractivity contribution in [1.29, 1.82) is 0 Å². The summed E-state index contributed by atoms with van der Waals surface area (Å²) in [6, 6.07) is 16.8. The minimum absolute atomic E-state index is 0.0158. The van der Waals surface area contributed by atoms with Gasteiger partial charge in [-0.25, -0.2) is 8.42 Å². The average molecular weight is 414 g/mol. The average Bonchev–Trinajstić information content (AvgIpc) is 3.16. The van der Waals surface area contributed by atoms with Crippen LogP contribution in [0.25, 0.3) is 11.4 Å². The summed E-state index contributed by atoms with van der Waals surface area (Å²) in [6.07, 6.45) is 2.16. The predicted molar refractivity (Wildman–Crippen MR) is 109 cm³/mol. The lowest BCUT2D eigenvalue weighted by Crippen LogP contribution is -2.23. The van der Waals surface area contributed by atoms with Crippen LogP contribution in [0.4, 0.5) is 0 Å². The molecule has 9 heteroatoms. The van der Waals surface area contributed by atoms with Gasteiger partial charge in [-0.05, 0) is 22.8 Å². The van der Waals surface area contributed by atoms with Gasteiger partial charge in [-0.1, -0.05) is 54.6 Å². The maximum Gasteiger partial charge on any atom is 0.220 e. The third-order valence-electron chi connectivity index (χ3n) is 4.19. The van der Waals surface area contributed by atoms with Gasteiger partial charge in [0.15, 0.2) is 9.84 Å². The Bertz CT molecular complexity index is 1050. The zero-order valence-corrected chi connectivity index (χ0v) is 17.0. The van der Waals surface area contributed by atoms with Gasteiger partial charge in [0.2, 0.25) is 11.7 Å². The molecule has 3 aromatic rings. The molecule has 1 amide bonds. The number of hydrogen-bond acceptors (Lipinski definition) is 6. The van der Waals surface area contributed by atoms with E-state index in [2.05, 4.69) is 20.7 Å². The minimum Gasteiger partial charge on any atom is -0.352 e. The normalized spacial score (nSPS) is 11.3. The molecule has 1 heterocycles. The lowest BCUT2D eigenvalue weighted by Gasteiger charge is -2.06. The highest BCUT2D eigenvalue weighted by Crippen LogP contribution is 2.12. The number of carbonyl (C=O) groups excluding carboxylic acids is 1. The summed E-state index contributed by atoms with van der Waals surface area (Å²) in [7, 11) is -3.05. The molecule has 0 aliphatic heterocycles. The summed E-state index contributed by atoms with van der Waals surface area (Å²) in [5.41, 5.74) is 2.55. The van der Waals surface area contributed by atoms with Crippen molar-refractivity contribution in [3.05, 3.63) is 65.7 Å². The van der Waals surface area contributed by atoms with Crippen molar-refractivity contribution in [2.45, 2.75) is 31.7 Å². The van der Waals surface area contributed by atoms with Crippen molar-refractivity contribution in [1.82, 2.24) is 25.5 Å². The number of benzene rings is 2.